The molecule has 0 bridgehead atoms. The number of alkyl halides is 3. The molecule has 2 aromatic rings. The lowest BCUT2D eigenvalue weighted by atomic mass is 10.1. The number of rotatable bonds is 11. The van der Waals surface area contributed by atoms with E-state index in [4.69, 9.17) is 4.74 Å². The summed E-state index contributed by atoms with van der Waals surface area (Å²) >= 11 is 1.03. The van der Waals surface area contributed by atoms with Gasteiger partial charge in [0, 0.05) is 31.5 Å². The van der Waals surface area contributed by atoms with Crippen LogP contribution in [0.5, 0.6) is 0 Å². The van der Waals surface area contributed by atoms with Crippen molar-refractivity contribution in [2.24, 2.45) is 5.92 Å². The molecule has 0 aliphatic carbocycles. The Morgan fingerprint density at radius 1 is 1.09 bits per heavy atom. The van der Waals surface area contributed by atoms with Crippen LogP contribution in [0.25, 0.3) is 10.6 Å². The van der Waals surface area contributed by atoms with Gasteiger partial charge < -0.3 is 15.0 Å². The van der Waals surface area contributed by atoms with Crippen LogP contribution in [-0.4, -0.2) is 52.6 Å². The molecule has 1 N–H and O–H groups in total. The second-order valence-electron chi connectivity index (χ2n) is 7.82. The Balaban J connectivity index is 1.92. The summed E-state index contributed by atoms with van der Waals surface area (Å²) in [6, 6.07) is 4.50. The van der Waals surface area contributed by atoms with Gasteiger partial charge in [-0.1, -0.05) is 37.3 Å². The highest BCUT2D eigenvalue weighted by atomic mass is 32.1. The number of carbonyl (C=O) groups excluding carboxylic acids is 3. The fourth-order valence-corrected chi connectivity index (χ4v) is 3.73. The quantitative estimate of drug-likeness (QED) is 0.460. The molecule has 2 amide bonds. The van der Waals surface area contributed by atoms with E-state index >= 15 is 0 Å². The molecule has 1 aromatic heterocycles. The molecule has 1 heterocycles. The molecular formula is C22H27F3N4O4S. The molecule has 34 heavy (non-hydrogen) atoms. The fourth-order valence-electron chi connectivity index (χ4n) is 2.97. The van der Waals surface area contributed by atoms with E-state index in [-0.39, 0.29) is 55.3 Å². The smallest absolute Gasteiger partial charge is 0.416 e. The highest BCUT2D eigenvalue weighted by Crippen LogP contribution is 2.32. The van der Waals surface area contributed by atoms with E-state index in [0.29, 0.717) is 17.1 Å². The highest BCUT2D eigenvalue weighted by molar-refractivity contribution is 7.18. The van der Waals surface area contributed by atoms with Crippen LogP contribution in [0.3, 0.4) is 0 Å². The van der Waals surface area contributed by atoms with Crippen molar-refractivity contribution in [1.82, 2.24) is 15.1 Å². The SMILES string of the molecule is CCOC(=O)CCC(=O)N(CCC(=O)Nc1nnc(-c2ccc(C(F)(F)F)cc2)s1)CC(C)C. The first-order valence-corrected chi connectivity index (χ1v) is 11.6. The molecular weight excluding hydrogens is 473 g/mol. The van der Waals surface area contributed by atoms with Gasteiger partial charge in [-0.3, -0.25) is 14.4 Å². The van der Waals surface area contributed by atoms with E-state index in [1.807, 2.05) is 13.8 Å². The molecule has 186 valence electrons. The number of nitrogens with zero attached hydrogens (tertiary/aromatic N) is 3. The minimum atomic E-state index is -4.43. The lowest BCUT2D eigenvalue weighted by Gasteiger charge is -2.24. The Labute approximate surface area is 199 Å². The average Bonchev–Trinajstić information content (AvgIpc) is 3.22. The van der Waals surface area contributed by atoms with Crippen molar-refractivity contribution >= 4 is 34.3 Å². The zero-order chi connectivity index (χ0) is 25.3. The predicted molar refractivity (Wildman–Crippen MR) is 121 cm³/mol. The third-order valence-corrected chi connectivity index (χ3v) is 5.41. The molecule has 0 fully saturated rings. The molecule has 2 rings (SSSR count). The number of hydrogen-bond acceptors (Lipinski definition) is 7. The monoisotopic (exact) mass is 500 g/mol. The van der Waals surface area contributed by atoms with Gasteiger partial charge in [0.05, 0.1) is 18.6 Å². The molecule has 8 nitrogen and oxygen atoms in total. The second kappa shape index (κ2) is 12.4. The van der Waals surface area contributed by atoms with Crippen LogP contribution in [0, 0.1) is 5.92 Å². The molecule has 0 saturated carbocycles. The third-order valence-electron chi connectivity index (χ3n) is 4.53. The van der Waals surface area contributed by atoms with Crippen LogP contribution in [0.1, 0.15) is 45.6 Å². The Hall–Kier alpha value is -3.02. The van der Waals surface area contributed by atoms with Crippen molar-refractivity contribution in [2.75, 3.05) is 25.0 Å². The Morgan fingerprint density at radius 2 is 1.76 bits per heavy atom. The summed E-state index contributed by atoms with van der Waals surface area (Å²) in [5, 5.41) is 10.9. The number of carbonyl (C=O) groups is 3. The van der Waals surface area contributed by atoms with E-state index in [1.54, 1.807) is 6.92 Å². The van der Waals surface area contributed by atoms with Crippen LogP contribution in [0.4, 0.5) is 18.3 Å². The molecule has 0 unspecified atom stereocenters. The standard InChI is InChI=1S/C22H27F3N4O4S/c1-4-33-19(32)10-9-18(31)29(13-14(2)3)12-11-17(30)26-21-28-27-20(34-21)15-5-7-16(8-6-15)22(23,24)25/h5-8,14H,4,9-13H2,1-3H3,(H,26,28,30). The van der Waals surface area contributed by atoms with Crippen molar-refractivity contribution in [3.63, 3.8) is 0 Å². The van der Waals surface area contributed by atoms with E-state index in [9.17, 15) is 27.6 Å². The summed E-state index contributed by atoms with van der Waals surface area (Å²) in [5.41, 5.74) is -0.321. The van der Waals surface area contributed by atoms with Gasteiger partial charge in [0.2, 0.25) is 16.9 Å². The summed E-state index contributed by atoms with van der Waals surface area (Å²) in [4.78, 5) is 37.9. The van der Waals surface area contributed by atoms with Gasteiger partial charge >= 0.3 is 12.1 Å². The van der Waals surface area contributed by atoms with Crippen LogP contribution < -0.4 is 5.32 Å². The van der Waals surface area contributed by atoms with Gasteiger partial charge in [0.25, 0.3) is 0 Å². The van der Waals surface area contributed by atoms with E-state index in [2.05, 4.69) is 15.5 Å². The summed E-state index contributed by atoms with van der Waals surface area (Å²) in [6.45, 7) is 6.41. The number of amides is 2. The molecule has 0 aliphatic rings. The van der Waals surface area contributed by atoms with Gasteiger partial charge in [-0.05, 0) is 25.0 Å². The van der Waals surface area contributed by atoms with Gasteiger partial charge in [0.1, 0.15) is 5.01 Å². The molecule has 0 aliphatic heterocycles. The maximum Gasteiger partial charge on any atom is 0.416 e. The van der Waals surface area contributed by atoms with E-state index in [1.165, 1.54) is 17.0 Å². The predicted octanol–water partition coefficient (Wildman–Crippen LogP) is 4.38. The van der Waals surface area contributed by atoms with Crippen molar-refractivity contribution in [3.05, 3.63) is 29.8 Å². The average molecular weight is 501 g/mol. The van der Waals surface area contributed by atoms with E-state index in [0.717, 1.165) is 23.5 Å². The zero-order valence-corrected chi connectivity index (χ0v) is 20.0. The number of ether oxygens (including phenoxy) is 1. The fraction of sp³-hybridized carbons (Fsp3) is 0.500. The third kappa shape index (κ3) is 8.73. The maximum atomic E-state index is 12.7. The van der Waals surface area contributed by atoms with Crippen LogP contribution in [-0.2, 0) is 25.3 Å². The molecule has 1 aromatic carbocycles. The molecule has 0 saturated heterocycles. The summed E-state index contributed by atoms with van der Waals surface area (Å²) < 4.78 is 43.0. The van der Waals surface area contributed by atoms with Crippen LogP contribution in [0.15, 0.2) is 24.3 Å². The number of nitrogens with one attached hydrogen (secondary N) is 1. The Morgan fingerprint density at radius 3 is 2.35 bits per heavy atom. The van der Waals surface area contributed by atoms with Gasteiger partial charge in [-0.2, -0.15) is 13.2 Å². The number of halogens is 3. The molecule has 0 atom stereocenters. The minimum Gasteiger partial charge on any atom is -0.466 e. The summed E-state index contributed by atoms with van der Waals surface area (Å²) in [7, 11) is 0. The van der Waals surface area contributed by atoms with Gasteiger partial charge in [-0.25, -0.2) is 0 Å². The van der Waals surface area contributed by atoms with Crippen molar-refractivity contribution in [2.45, 2.75) is 46.2 Å². The Kier molecular flexibility index (Phi) is 9.97. The zero-order valence-electron chi connectivity index (χ0n) is 19.1. The largest absolute Gasteiger partial charge is 0.466 e. The second-order valence-corrected chi connectivity index (χ2v) is 8.80. The highest BCUT2D eigenvalue weighted by Gasteiger charge is 2.30. The lowest BCUT2D eigenvalue weighted by molar-refractivity contribution is -0.146. The number of hydrogen-bond donors (Lipinski definition) is 1. The maximum absolute atomic E-state index is 12.7. The summed E-state index contributed by atoms with van der Waals surface area (Å²) in [5.74, 6) is -0.903. The van der Waals surface area contributed by atoms with Crippen molar-refractivity contribution in [1.29, 1.82) is 0 Å². The number of anilines is 1. The first-order chi connectivity index (χ1) is 16.0. The topological polar surface area (TPSA) is 101 Å². The lowest BCUT2D eigenvalue weighted by Crippen LogP contribution is -2.36. The van der Waals surface area contributed by atoms with Gasteiger partial charge in [0.15, 0.2) is 0 Å². The number of benzene rings is 1. The first-order valence-electron chi connectivity index (χ1n) is 10.7. The molecule has 12 heteroatoms. The first kappa shape index (κ1) is 27.2. The van der Waals surface area contributed by atoms with E-state index < -0.39 is 17.7 Å². The normalized spacial score (nSPS) is 11.4. The number of aromatic nitrogens is 2. The summed E-state index contributed by atoms with van der Waals surface area (Å²) in [6.07, 6.45) is -4.44. The Bertz CT molecular complexity index is 977. The van der Waals surface area contributed by atoms with Gasteiger partial charge in [-0.15, -0.1) is 10.2 Å². The van der Waals surface area contributed by atoms with Crippen molar-refractivity contribution < 1.29 is 32.3 Å². The van der Waals surface area contributed by atoms with Crippen LogP contribution >= 0.6 is 11.3 Å². The minimum absolute atomic E-state index is 0.0000608. The number of esters is 1. The van der Waals surface area contributed by atoms with Crippen LogP contribution in [0.2, 0.25) is 0 Å². The van der Waals surface area contributed by atoms with Crippen molar-refractivity contribution in [3.8, 4) is 10.6 Å². The molecule has 0 spiro atoms. The molecule has 0 radical (unpaired) electrons.